The predicted molar refractivity (Wildman–Crippen MR) is 90.4 cm³/mol. The van der Waals surface area contributed by atoms with Crippen molar-refractivity contribution in [3.63, 3.8) is 0 Å². The molecule has 7 nitrogen and oxygen atoms in total. The van der Waals surface area contributed by atoms with E-state index in [0.717, 1.165) is 32.5 Å². The van der Waals surface area contributed by atoms with Crippen LogP contribution in [0.3, 0.4) is 0 Å². The Morgan fingerprint density at radius 2 is 2.12 bits per heavy atom. The molecular weight excluding hydrogens is 332 g/mol. The zero-order chi connectivity index (χ0) is 16.8. The van der Waals surface area contributed by atoms with Crippen molar-refractivity contribution in [3.05, 3.63) is 27.7 Å². The molecule has 1 aromatic carbocycles. The Kier molecular flexibility index (Phi) is 3.77. The van der Waals surface area contributed by atoms with Crippen LogP contribution in [0.15, 0.2) is 21.3 Å². The molecule has 0 amide bonds. The summed E-state index contributed by atoms with van der Waals surface area (Å²) in [6.45, 7) is 3.04. The molecule has 24 heavy (non-hydrogen) atoms. The summed E-state index contributed by atoms with van der Waals surface area (Å²) >= 11 is 6.10. The molecule has 0 saturated carbocycles. The van der Waals surface area contributed by atoms with E-state index in [1.165, 1.54) is 11.8 Å². The van der Waals surface area contributed by atoms with Crippen molar-refractivity contribution in [2.45, 2.75) is 18.9 Å². The van der Waals surface area contributed by atoms with Gasteiger partial charge >= 0.3 is 5.76 Å². The molecule has 2 aromatic rings. The van der Waals surface area contributed by atoms with Gasteiger partial charge in [0, 0.05) is 12.6 Å². The van der Waals surface area contributed by atoms with Crippen LogP contribution in [-0.4, -0.2) is 41.4 Å². The van der Waals surface area contributed by atoms with Gasteiger partial charge in [0.1, 0.15) is 5.75 Å². The van der Waals surface area contributed by atoms with E-state index in [-0.39, 0.29) is 11.9 Å². The third-order valence-corrected chi connectivity index (χ3v) is 5.38. The zero-order valence-electron chi connectivity index (χ0n) is 13.4. The van der Waals surface area contributed by atoms with Crippen LogP contribution in [0.2, 0.25) is 5.02 Å². The van der Waals surface area contributed by atoms with Gasteiger partial charge < -0.3 is 19.8 Å². The second-order valence-electron chi connectivity index (χ2n) is 6.40. The number of hydrogen-bond acceptors (Lipinski definition) is 6. The summed E-state index contributed by atoms with van der Waals surface area (Å²) in [5.74, 6) is 0.704. The molecule has 0 aliphatic carbocycles. The Balaban J connectivity index is 1.74. The number of methoxy groups -OCH3 is 1. The minimum atomic E-state index is -0.446. The highest BCUT2D eigenvalue weighted by Crippen LogP contribution is 2.37. The summed E-state index contributed by atoms with van der Waals surface area (Å²) < 4.78 is 12.2. The van der Waals surface area contributed by atoms with Crippen molar-refractivity contribution in [2.24, 2.45) is 5.92 Å². The minimum Gasteiger partial charge on any atom is -0.496 e. The number of nitrogen functional groups attached to an aromatic ring is 1. The molecule has 1 atom stereocenters. The number of aromatic nitrogens is 2. The van der Waals surface area contributed by atoms with E-state index >= 15 is 0 Å². The van der Waals surface area contributed by atoms with Gasteiger partial charge in [0.2, 0.25) is 0 Å². The number of nitrogens with two attached hydrogens (primary N) is 1. The molecule has 128 valence electrons. The number of halogens is 1. The largest absolute Gasteiger partial charge is 0.496 e. The Labute approximate surface area is 143 Å². The maximum absolute atomic E-state index is 12.4. The third-order valence-electron chi connectivity index (χ3n) is 5.05. The smallest absolute Gasteiger partial charge is 0.437 e. The molecule has 0 radical (unpaired) electrons. The molecule has 4 heterocycles. The minimum absolute atomic E-state index is 0.0627. The normalized spacial score (nSPS) is 25.8. The van der Waals surface area contributed by atoms with Gasteiger partial charge in [0.25, 0.3) is 5.89 Å². The Hall–Kier alpha value is -1.99. The number of fused-ring (bicyclic) bond motifs is 3. The number of benzene rings is 1. The molecule has 2 bridgehead atoms. The van der Waals surface area contributed by atoms with E-state index in [1.54, 1.807) is 12.1 Å². The molecular formula is C16H19ClN4O3. The number of ether oxygens (including phenoxy) is 1. The van der Waals surface area contributed by atoms with Crippen molar-refractivity contribution < 1.29 is 9.15 Å². The van der Waals surface area contributed by atoms with Gasteiger partial charge in [-0.15, -0.1) is 5.10 Å². The van der Waals surface area contributed by atoms with Gasteiger partial charge in [-0.25, -0.2) is 4.79 Å². The highest BCUT2D eigenvalue weighted by molar-refractivity contribution is 6.33. The fourth-order valence-electron chi connectivity index (χ4n) is 3.72. The average molecular weight is 351 g/mol. The fourth-order valence-corrected chi connectivity index (χ4v) is 3.89. The molecule has 8 heteroatoms. The van der Waals surface area contributed by atoms with Gasteiger partial charge in [-0.05, 0) is 37.9 Å². The Bertz CT molecular complexity index is 823. The van der Waals surface area contributed by atoms with Gasteiger partial charge in [-0.1, -0.05) is 11.6 Å². The first-order valence-corrected chi connectivity index (χ1v) is 8.40. The first-order chi connectivity index (χ1) is 11.6. The topological polar surface area (TPSA) is 86.5 Å². The van der Waals surface area contributed by atoms with E-state index < -0.39 is 5.76 Å². The maximum atomic E-state index is 12.4. The van der Waals surface area contributed by atoms with Crippen LogP contribution in [0.4, 0.5) is 5.69 Å². The molecule has 0 unspecified atom stereocenters. The summed E-state index contributed by atoms with van der Waals surface area (Å²) in [6.07, 6.45) is 2.19. The lowest BCUT2D eigenvalue weighted by atomic mass is 9.84. The van der Waals surface area contributed by atoms with Crippen LogP contribution in [0, 0.1) is 5.92 Å². The number of rotatable bonds is 3. The van der Waals surface area contributed by atoms with E-state index in [2.05, 4.69) is 10.00 Å². The molecule has 5 rings (SSSR count). The number of piperidine rings is 3. The molecule has 3 aliphatic rings. The van der Waals surface area contributed by atoms with Crippen LogP contribution in [0.5, 0.6) is 5.75 Å². The van der Waals surface area contributed by atoms with Crippen molar-refractivity contribution in [1.82, 2.24) is 14.7 Å². The summed E-state index contributed by atoms with van der Waals surface area (Å²) in [7, 11) is 1.52. The van der Waals surface area contributed by atoms with Crippen LogP contribution in [-0.2, 0) is 0 Å². The second kappa shape index (κ2) is 5.82. The number of nitrogens with zero attached hydrogens (tertiary/aromatic N) is 3. The standard InChI is InChI=1S/C16H19ClN4O3/c1-23-14-7-12(18)11(17)6-10(14)15-19-21(16(22)24-15)13-8-20-4-2-9(13)3-5-20/h6-7,9,13H,2-5,8,18H2,1H3/t13-/m0/s1. The Morgan fingerprint density at radius 3 is 2.75 bits per heavy atom. The van der Waals surface area contributed by atoms with E-state index in [9.17, 15) is 4.79 Å². The van der Waals surface area contributed by atoms with Crippen molar-refractivity contribution in [2.75, 3.05) is 32.5 Å². The van der Waals surface area contributed by atoms with Crippen molar-refractivity contribution in [1.29, 1.82) is 0 Å². The van der Waals surface area contributed by atoms with E-state index in [4.69, 9.17) is 26.5 Å². The molecule has 1 aromatic heterocycles. The van der Waals surface area contributed by atoms with Gasteiger partial charge in [0.15, 0.2) is 0 Å². The summed E-state index contributed by atoms with van der Waals surface area (Å²) in [4.78, 5) is 14.7. The van der Waals surface area contributed by atoms with E-state index in [1.807, 2.05) is 0 Å². The molecule has 0 spiro atoms. The quantitative estimate of drug-likeness (QED) is 0.852. The first kappa shape index (κ1) is 15.5. The SMILES string of the molecule is COc1cc(N)c(Cl)cc1-c1nn([C@H]2CN3CCC2CC3)c(=O)o1. The Morgan fingerprint density at radius 1 is 1.38 bits per heavy atom. The molecule has 3 aliphatic heterocycles. The zero-order valence-corrected chi connectivity index (χ0v) is 14.1. The molecule has 2 N–H and O–H groups in total. The third kappa shape index (κ3) is 2.48. The van der Waals surface area contributed by atoms with Gasteiger partial charge in [-0.3, -0.25) is 0 Å². The van der Waals surface area contributed by atoms with E-state index in [0.29, 0.717) is 27.9 Å². The van der Waals surface area contributed by atoms with Crippen molar-refractivity contribution in [3.8, 4) is 17.2 Å². The number of anilines is 1. The van der Waals surface area contributed by atoms with Crippen LogP contribution >= 0.6 is 11.6 Å². The maximum Gasteiger partial charge on any atom is 0.437 e. The van der Waals surface area contributed by atoms with Crippen molar-refractivity contribution >= 4 is 17.3 Å². The van der Waals surface area contributed by atoms with Gasteiger partial charge in [-0.2, -0.15) is 4.68 Å². The predicted octanol–water partition coefficient (Wildman–Crippen LogP) is 2.01. The van der Waals surface area contributed by atoms with Crippen LogP contribution in [0.1, 0.15) is 18.9 Å². The lowest BCUT2D eigenvalue weighted by Crippen LogP contribution is -2.49. The van der Waals surface area contributed by atoms with Gasteiger partial charge in [0.05, 0.1) is 29.4 Å². The summed E-state index contributed by atoms with van der Waals surface area (Å²) in [6, 6.07) is 3.28. The first-order valence-electron chi connectivity index (χ1n) is 8.02. The lowest BCUT2D eigenvalue weighted by molar-refractivity contribution is 0.0482. The molecule has 3 fully saturated rings. The number of hydrogen-bond donors (Lipinski definition) is 1. The highest BCUT2D eigenvalue weighted by atomic mass is 35.5. The summed E-state index contributed by atoms with van der Waals surface area (Å²) in [5, 5.41) is 4.80. The highest BCUT2D eigenvalue weighted by Gasteiger charge is 2.37. The lowest BCUT2D eigenvalue weighted by Gasteiger charge is -2.43. The van der Waals surface area contributed by atoms with Crippen LogP contribution in [0.25, 0.3) is 11.5 Å². The summed E-state index contributed by atoms with van der Waals surface area (Å²) in [5.41, 5.74) is 6.72. The second-order valence-corrected chi connectivity index (χ2v) is 6.80. The molecule has 3 saturated heterocycles. The van der Waals surface area contributed by atoms with Crippen LogP contribution < -0.4 is 16.2 Å². The average Bonchev–Trinajstić information content (AvgIpc) is 2.99. The fraction of sp³-hybridized carbons (Fsp3) is 0.500. The monoisotopic (exact) mass is 350 g/mol.